The largest absolute Gasteiger partial charge is 0.478 e. The van der Waals surface area contributed by atoms with Gasteiger partial charge in [-0.1, -0.05) is 12.0 Å². The van der Waals surface area contributed by atoms with E-state index in [4.69, 9.17) is 16.3 Å². The van der Waals surface area contributed by atoms with Crippen molar-refractivity contribution in [1.82, 2.24) is 4.98 Å². The Bertz CT molecular complexity index is 643. The molecule has 1 aromatic heterocycles. The van der Waals surface area contributed by atoms with Crippen LogP contribution in [0.1, 0.15) is 17.3 Å². The zero-order valence-corrected chi connectivity index (χ0v) is 9.75. The van der Waals surface area contributed by atoms with Crippen molar-refractivity contribution < 1.29 is 14.6 Å². The van der Waals surface area contributed by atoms with Crippen LogP contribution in [0.4, 0.5) is 0 Å². The Morgan fingerprint density at radius 1 is 1.44 bits per heavy atom. The lowest BCUT2D eigenvalue weighted by Gasteiger charge is -2.09. The van der Waals surface area contributed by atoms with Gasteiger partial charge in [-0.05, 0) is 25.1 Å². The SMILES string of the molecule is C#CC(C)Oc1ccc2c(C(=O)O)cccc2n1. The van der Waals surface area contributed by atoms with E-state index in [1.165, 1.54) is 6.07 Å². The van der Waals surface area contributed by atoms with Crippen LogP contribution in [0.5, 0.6) is 5.88 Å². The minimum Gasteiger partial charge on any atom is -0.478 e. The highest BCUT2D eigenvalue weighted by atomic mass is 16.5. The molecule has 0 radical (unpaired) electrons. The molecule has 1 aromatic carbocycles. The van der Waals surface area contributed by atoms with Gasteiger partial charge in [-0.3, -0.25) is 0 Å². The number of carbonyl (C=O) groups is 1. The number of hydrogen-bond acceptors (Lipinski definition) is 3. The molecule has 4 nitrogen and oxygen atoms in total. The fourth-order valence-electron chi connectivity index (χ4n) is 1.60. The van der Waals surface area contributed by atoms with Crippen LogP contribution in [0, 0.1) is 12.3 Å². The molecule has 18 heavy (non-hydrogen) atoms. The molecule has 0 aliphatic heterocycles. The van der Waals surface area contributed by atoms with Crippen LogP contribution in [0.2, 0.25) is 0 Å². The average molecular weight is 241 g/mol. The van der Waals surface area contributed by atoms with Gasteiger partial charge in [0.25, 0.3) is 0 Å². The lowest BCUT2D eigenvalue weighted by molar-refractivity contribution is 0.0699. The molecule has 1 unspecified atom stereocenters. The van der Waals surface area contributed by atoms with Crippen molar-refractivity contribution in [1.29, 1.82) is 0 Å². The van der Waals surface area contributed by atoms with Gasteiger partial charge in [0.2, 0.25) is 5.88 Å². The van der Waals surface area contributed by atoms with Gasteiger partial charge >= 0.3 is 5.97 Å². The molecule has 4 heteroatoms. The van der Waals surface area contributed by atoms with Crippen LogP contribution < -0.4 is 4.74 Å². The summed E-state index contributed by atoms with van der Waals surface area (Å²) in [5.74, 6) is 1.84. The highest BCUT2D eigenvalue weighted by Crippen LogP contribution is 2.21. The van der Waals surface area contributed by atoms with Crippen molar-refractivity contribution in [2.75, 3.05) is 0 Å². The number of aromatic nitrogens is 1. The van der Waals surface area contributed by atoms with Gasteiger partial charge in [0.05, 0.1) is 11.1 Å². The van der Waals surface area contributed by atoms with Gasteiger partial charge in [0.1, 0.15) is 0 Å². The van der Waals surface area contributed by atoms with E-state index in [2.05, 4.69) is 10.9 Å². The third-order valence-electron chi connectivity index (χ3n) is 2.47. The predicted octanol–water partition coefficient (Wildman–Crippen LogP) is 2.33. The first kappa shape index (κ1) is 11.9. The van der Waals surface area contributed by atoms with Crippen molar-refractivity contribution in [2.24, 2.45) is 0 Å². The molecule has 0 amide bonds. The van der Waals surface area contributed by atoms with Gasteiger partial charge in [-0.15, -0.1) is 6.42 Å². The van der Waals surface area contributed by atoms with Gasteiger partial charge in [0.15, 0.2) is 6.10 Å². The van der Waals surface area contributed by atoms with Crippen LogP contribution in [-0.2, 0) is 0 Å². The highest BCUT2D eigenvalue weighted by Gasteiger charge is 2.10. The molecular formula is C14H11NO3. The number of pyridine rings is 1. The molecule has 2 aromatic rings. The average Bonchev–Trinajstić information content (AvgIpc) is 2.37. The lowest BCUT2D eigenvalue weighted by atomic mass is 10.1. The maximum Gasteiger partial charge on any atom is 0.336 e. The van der Waals surface area contributed by atoms with Crippen LogP contribution in [0.15, 0.2) is 30.3 Å². The number of terminal acetylenes is 1. The number of aromatic carboxylic acids is 1. The molecule has 0 saturated heterocycles. The minimum absolute atomic E-state index is 0.219. The summed E-state index contributed by atoms with van der Waals surface area (Å²) < 4.78 is 5.38. The molecule has 1 N–H and O–H groups in total. The molecule has 0 fully saturated rings. The van der Waals surface area contributed by atoms with Crippen molar-refractivity contribution in [3.63, 3.8) is 0 Å². The van der Waals surface area contributed by atoms with Crippen molar-refractivity contribution in [2.45, 2.75) is 13.0 Å². The number of ether oxygens (including phenoxy) is 1. The van der Waals surface area contributed by atoms with Crippen LogP contribution in [0.25, 0.3) is 10.9 Å². The minimum atomic E-state index is -0.979. The molecule has 0 saturated carbocycles. The van der Waals surface area contributed by atoms with Crippen molar-refractivity contribution in [3.05, 3.63) is 35.9 Å². The summed E-state index contributed by atoms with van der Waals surface area (Å²) in [4.78, 5) is 15.3. The number of benzene rings is 1. The van der Waals surface area contributed by atoms with E-state index in [-0.39, 0.29) is 11.7 Å². The maximum atomic E-state index is 11.0. The molecule has 1 atom stereocenters. The second-order valence-electron chi connectivity index (χ2n) is 3.75. The van der Waals surface area contributed by atoms with Crippen molar-refractivity contribution >= 4 is 16.9 Å². The van der Waals surface area contributed by atoms with E-state index in [9.17, 15) is 4.79 Å². The first-order valence-electron chi connectivity index (χ1n) is 5.37. The Labute approximate surface area is 104 Å². The summed E-state index contributed by atoms with van der Waals surface area (Å²) in [5.41, 5.74) is 0.785. The molecule has 2 rings (SSSR count). The van der Waals surface area contributed by atoms with Crippen LogP contribution >= 0.6 is 0 Å². The number of rotatable bonds is 3. The van der Waals surface area contributed by atoms with Crippen molar-refractivity contribution in [3.8, 4) is 18.2 Å². The van der Waals surface area contributed by atoms with E-state index < -0.39 is 5.97 Å². The Balaban J connectivity index is 2.48. The van der Waals surface area contributed by atoms with Crippen LogP contribution in [0.3, 0.4) is 0 Å². The number of fused-ring (bicyclic) bond motifs is 1. The third kappa shape index (κ3) is 2.25. The van der Waals surface area contributed by atoms with Gasteiger partial charge < -0.3 is 9.84 Å². The van der Waals surface area contributed by atoms with E-state index >= 15 is 0 Å². The monoisotopic (exact) mass is 241 g/mol. The molecule has 0 bridgehead atoms. The van der Waals surface area contributed by atoms with Gasteiger partial charge in [-0.2, -0.15) is 0 Å². The van der Waals surface area contributed by atoms with Gasteiger partial charge in [-0.25, -0.2) is 9.78 Å². The number of carboxylic acid groups (broad SMARTS) is 1. The molecule has 0 aliphatic rings. The van der Waals surface area contributed by atoms with E-state index in [1.807, 2.05) is 0 Å². The van der Waals surface area contributed by atoms with Gasteiger partial charge in [0, 0.05) is 11.5 Å². The fourth-order valence-corrected chi connectivity index (χ4v) is 1.60. The quantitative estimate of drug-likeness (QED) is 0.838. The second-order valence-corrected chi connectivity index (χ2v) is 3.75. The Kier molecular flexibility index (Phi) is 3.16. The molecule has 0 aliphatic carbocycles. The standard InChI is InChI=1S/C14H11NO3/c1-3-9(2)18-13-8-7-10-11(14(16)17)5-4-6-12(10)15-13/h1,4-9H,2H3,(H,16,17). The van der Waals surface area contributed by atoms with Crippen LogP contribution in [-0.4, -0.2) is 22.2 Å². The summed E-state index contributed by atoms with van der Waals surface area (Å²) >= 11 is 0. The fraction of sp³-hybridized carbons (Fsp3) is 0.143. The summed E-state index contributed by atoms with van der Waals surface area (Å²) in [5, 5.41) is 9.62. The first-order chi connectivity index (χ1) is 8.61. The summed E-state index contributed by atoms with van der Waals surface area (Å²) in [7, 11) is 0. The summed E-state index contributed by atoms with van der Waals surface area (Å²) in [6.45, 7) is 1.74. The highest BCUT2D eigenvalue weighted by molar-refractivity contribution is 6.02. The smallest absolute Gasteiger partial charge is 0.336 e. The zero-order chi connectivity index (χ0) is 13.1. The first-order valence-corrected chi connectivity index (χ1v) is 5.37. The Morgan fingerprint density at radius 2 is 2.22 bits per heavy atom. The molecule has 1 heterocycles. The summed E-state index contributed by atoms with van der Waals surface area (Å²) in [6.07, 6.45) is 4.84. The third-order valence-corrected chi connectivity index (χ3v) is 2.47. The number of hydrogen-bond donors (Lipinski definition) is 1. The second kappa shape index (κ2) is 4.76. The lowest BCUT2D eigenvalue weighted by Crippen LogP contribution is -2.09. The Morgan fingerprint density at radius 3 is 2.89 bits per heavy atom. The number of nitrogens with zero attached hydrogens (tertiary/aromatic N) is 1. The predicted molar refractivity (Wildman–Crippen MR) is 67.6 cm³/mol. The summed E-state index contributed by atoms with van der Waals surface area (Å²) in [6, 6.07) is 8.20. The van der Waals surface area contributed by atoms with E-state index in [1.54, 1.807) is 31.2 Å². The molecular weight excluding hydrogens is 230 g/mol. The topological polar surface area (TPSA) is 59.4 Å². The normalized spacial score (nSPS) is 11.8. The molecule has 0 spiro atoms. The zero-order valence-electron chi connectivity index (χ0n) is 9.75. The maximum absolute atomic E-state index is 11.0. The Hall–Kier alpha value is -2.54. The van der Waals surface area contributed by atoms with E-state index in [0.717, 1.165) is 0 Å². The number of carboxylic acids is 1. The van der Waals surface area contributed by atoms with E-state index in [0.29, 0.717) is 16.8 Å². The molecule has 90 valence electrons.